The standard InChI is InChI=1S/C18H26O3S/c1-5-6-7-15-12-16(8-9-17(15)20-13(2)3)21-18(19)14(4)10-11-22/h6-9,12-14,22H,5,10-11H2,1-4H3/b7-6+. The van der Waals surface area contributed by atoms with E-state index in [1.165, 1.54) is 0 Å². The summed E-state index contributed by atoms with van der Waals surface area (Å²) >= 11 is 4.15. The second kappa shape index (κ2) is 9.57. The SMILES string of the molecule is CC/C=C/c1cc(OC(=O)C(C)CCS)ccc1OC(C)C. The number of hydrogen-bond acceptors (Lipinski definition) is 4. The number of allylic oxidation sites excluding steroid dienone is 1. The molecule has 22 heavy (non-hydrogen) atoms. The first kappa shape index (κ1) is 18.6. The second-order valence-electron chi connectivity index (χ2n) is 5.51. The first-order chi connectivity index (χ1) is 10.5. The highest BCUT2D eigenvalue weighted by molar-refractivity contribution is 7.80. The van der Waals surface area contributed by atoms with Gasteiger partial charge in [-0.05, 0) is 50.6 Å². The number of rotatable bonds is 8. The molecule has 122 valence electrons. The molecule has 0 bridgehead atoms. The van der Waals surface area contributed by atoms with Crippen LogP contribution in [0.1, 0.15) is 46.1 Å². The molecule has 1 unspecified atom stereocenters. The predicted octanol–water partition coefficient (Wildman–Crippen LogP) is 4.76. The summed E-state index contributed by atoms with van der Waals surface area (Å²) in [7, 11) is 0. The van der Waals surface area contributed by atoms with Crippen LogP contribution in [0.5, 0.6) is 11.5 Å². The molecule has 0 spiro atoms. The van der Waals surface area contributed by atoms with E-state index in [0.29, 0.717) is 17.9 Å². The van der Waals surface area contributed by atoms with Gasteiger partial charge >= 0.3 is 5.97 Å². The highest BCUT2D eigenvalue weighted by atomic mass is 32.1. The van der Waals surface area contributed by atoms with Crippen molar-refractivity contribution in [3.63, 3.8) is 0 Å². The van der Waals surface area contributed by atoms with Crippen LogP contribution < -0.4 is 9.47 Å². The number of carbonyl (C=O) groups excluding carboxylic acids is 1. The quantitative estimate of drug-likeness (QED) is 0.426. The van der Waals surface area contributed by atoms with E-state index in [9.17, 15) is 4.79 Å². The Morgan fingerprint density at radius 2 is 2.05 bits per heavy atom. The number of esters is 1. The normalized spacial score (nSPS) is 12.6. The van der Waals surface area contributed by atoms with Crippen LogP contribution in [-0.2, 0) is 4.79 Å². The van der Waals surface area contributed by atoms with E-state index < -0.39 is 0 Å². The lowest BCUT2D eigenvalue weighted by Gasteiger charge is -2.15. The summed E-state index contributed by atoms with van der Waals surface area (Å²) < 4.78 is 11.2. The third-order valence-corrected chi connectivity index (χ3v) is 3.32. The van der Waals surface area contributed by atoms with Gasteiger partial charge in [0, 0.05) is 5.56 Å². The topological polar surface area (TPSA) is 35.5 Å². The molecule has 0 N–H and O–H groups in total. The Morgan fingerprint density at radius 3 is 2.64 bits per heavy atom. The number of thiol groups is 1. The minimum absolute atomic E-state index is 0.0950. The van der Waals surface area contributed by atoms with Crippen LogP contribution in [0, 0.1) is 5.92 Å². The van der Waals surface area contributed by atoms with Gasteiger partial charge in [0.2, 0.25) is 0 Å². The van der Waals surface area contributed by atoms with Gasteiger partial charge in [-0.2, -0.15) is 12.6 Å². The monoisotopic (exact) mass is 322 g/mol. The predicted molar refractivity (Wildman–Crippen MR) is 94.8 cm³/mol. The van der Waals surface area contributed by atoms with Crippen LogP contribution in [-0.4, -0.2) is 17.8 Å². The van der Waals surface area contributed by atoms with Gasteiger partial charge in [0.1, 0.15) is 11.5 Å². The molecule has 0 aliphatic rings. The van der Waals surface area contributed by atoms with Gasteiger partial charge in [0.25, 0.3) is 0 Å². The van der Waals surface area contributed by atoms with Gasteiger partial charge in [0.05, 0.1) is 12.0 Å². The van der Waals surface area contributed by atoms with Crippen molar-refractivity contribution in [2.45, 2.75) is 46.6 Å². The fraction of sp³-hybridized carbons (Fsp3) is 0.500. The molecule has 1 atom stereocenters. The molecule has 0 aliphatic carbocycles. The molecule has 0 aromatic heterocycles. The van der Waals surface area contributed by atoms with Gasteiger partial charge < -0.3 is 9.47 Å². The lowest BCUT2D eigenvalue weighted by molar-refractivity contribution is -0.138. The summed E-state index contributed by atoms with van der Waals surface area (Å²) in [5.74, 6) is 1.63. The summed E-state index contributed by atoms with van der Waals surface area (Å²) in [6.07, 6.45) is 5.78. The van der Waals surface area contributed by atoms with E-state index in [0.717, 1.165) is 17.7 Å². The Bertz CT molecular complexity index is 509. The summed E-state index contributed by atoms with van der Waals surface area (Å²) in [5, 5.41) is 0. The van der Waals surface area contributed by atoms with Gasteiger partial charge in [-0.15, -0.1) is 0 Å². The average Bonchev–Trinajstić information content (AvgIpc) is 2.47. The third-order valence-electron chi connectivity index (χ3n) is 3.06. The smallest absolute Gasteiger partial charge is 0.314 e. The maximum Gasteiger partial charge on any atom is 0.314 e. The number of benzene rings is 1. The van der Waals surface area contributed by atoms with Crippen LogP contribution in [0.2, 0.25) is 0 Å². The number of ether oxygens (including phenoxy) is 2. The minimum atomic E-state index is -0.225. The molecule has 0 heterocycles. The van der Waals surface area contributed by atoms with Gasteiger partial charge in [0.15, 0.2) is 0 Å². The lowest BCUT2D eigenvalue weighted by Crippen LogP contribution is -2.18. The van der Waals surface area contributed by atoms with Gasteiger partial charge in [-0.3, -0.25) is 4.79 Å². The van der Waals surface area contributed by atoms with Crippen molar-refractivity contribution in [2.24, 2.45) is 5.92 Å². The third kappa shape index (κ3) is 6.14. The molecular formula is C18H26O3S. The minimum Gasteiger partial charge on any atom is -0.490 e. The Balaban J connectivity index is 2.93. The molecule has 0 radical (unpaired) electrons. The molecule has 0 aliphatic heterocycles. The molecule has 0 saturated heterocycles. The maximum absolute atomic E-state index is 12.0. The first-order valence-corrected chi connectivity index (χ1v) is 8.41. The molecule has 1 aromatic rings. The summed E-state index contributed by atoms with van der Waals surface area (Å²) in [6, 6.07) is 5.46. The highest BCUT2D eigenvalue weighted by Crippen LogP contribution is 2.27. The zero-order valence-corrected chi connectivity index (χ0v) is 14.7. The zero-order chi connectivity index (χ0) is 16.5. The van der Waals surface area contributed by atoms with Crippen molar-refractivity contribution in [3.05, 3.63) is 29.8 Å². The van der Waals surface area contributed by atoms with Crippen molar-refractivity contribution in [1.29, 1.82) is 0 Å². The van der Waals surface area contributed by atoms with Crippen molar-refractivity contribution in [2.75, 3.05) is 5.75 Å². The van der Waals surface area contributed by atoms with Gasteiger partial charge in [-0.1, -0.05) is 26.0 Å². The molecule has 0 saturated carbocycles. The van der Waals surface area contributed by atoms with E-state index in [1.54, 1.807) is 6.07 Å². The lowest BCUT2D eigenvalue weighted by atomic mass is 10.1. The van der Waals surface area contributed by atoms with Crippen molar-refractivity contribution in [1.82, 2.24) is 0 Å². The molecular weight excluding hydrogens is 296 g/mol. The van der Waals surface area contributed by atoms with Crippen LogP contribution in [0.25, 0.3) is 6.08 Å². The van der Waals surface area contributed by atoms with E-state index in [2.05, 4.69) is 25.6 Å². The maximum atomic E-state index is 12.0. The fourth-order valence-electron chi connectivity index (χ4n) is 1.85. The van der Waals surface area contributed by atoms with Crippen molar-refractivity contribution < 1.29 is 14.3 Å². The number of hydrogen-bond donors (Lipinski definition) is 1. The highest BCUT2D eigenvalue weighted by Gasteiger charge is 2.15. The largest absolute Gasteiger partial charge is 0.490 e. The van der Waals surface area contributed by atoms with Gasteiger partial charge in [-0.25, -0.2) is 0 Å². The Labute approximate surface area is 139 Å². The first-order valence-electron chi connectivity index (χ1n) is 7.77. The van der Waals surface area contributed by atoms with E-state index in [-0.39, 0.29) is 18.0 Å². The van der Waals surface area contributed by atoms with Crippen LogP contribution in [0.3, 0.4) is 0 Å². The van der Waals surface area contributed by atoms with Crippen LogP contribution >= 0.6 is 12.6 Å². The van der Waals surface area contributed by atoms with E-state index in [1.807, 2.05) is 39.0 Å². The summed E-state index contributed by atoms with van der Waals surface area (Å²) in [6.45, 7) is 7.90. The van der Waals surface area contributed by atoms with Crippen molar-refractivity contribution >= 4 is 24.7 Å². The summed E-state index contributed by atoms with van der Waals surface area (Å²) in [5.41, 5.74) is 0.919. The average molecular weight is 322 g/mol. The molecule has 1 rings (SSSR count). The Morgan fingerprint density at radius 1 is 1.32 bits per heavy atom. The second-order valence-corrected chi connectivity index (χ2v) is 5.96. The molecule has 0 amide bonds. The Hall–Kier alpha value is -1.42. The van der Waals surface area contributed by atoms with E-state index >= 15 is 0 Å². The Kier molecular flexibility index (Phi) is 8.10. The molecule has 3 nitrogen and oxygen atoms in total. The zero-order valence-electron chi connectivity index (χ0n) is 13.8. The number of carbonyl (C=O) groups is 1. The van der Waals surface area contributed by atoms with Crippen molar-refractivity contribution in [3.8, 4) is 11.5 Å². The molecule has 0 fully saturated rings. The summed E-state index contributed by atoms with van der Waals surface area (Å²) in [4.78, 5) is 12.0. The molecule has 1 aromatic carbocycles. The van der Waals surface area contributed by atoms with Crippen LogP contribution in [0.4, 0.5) is 0 Å². The molecule has 4 heteroatoms. The van der Waals surface area contributed by atoms with Crippen LogP contribution in [0.15, 0.2) is 24.3 Å². The van der Waals surface area contributed by atoms with E-state index in [4.69, 9.17) is 9.47 Å². The fourth-order valence-corrected chi connectivity index (χ4v) is 2.24.